The lowest BCUT2D eigenvalue weighted by atomic mass is 9.98. The van der Waals surface area contributed by atoms with Crippen molar-refractivity contribution in [1.29, 1.82) is 0 Å². The molecule has 24 heavy (non-hydrogen) atoms. The van der Waals surface area contributed by atoms with E-state index in [1.165, 1.54) is 12.8 Å². The minimum absolute atomic E-state index is 0.581. The molecule has 0 amide bonds. The van der Waals surface area contributed by atoms with Crippen LogP contribution in [0.1, 0.15) is 18.7 Å². The van der Waals surface area contributed by atoms with Gasteiger partial charge in [-0.2, -0.15) is 10.1 Å². The fraction of sp³-hybridized carbons (Fsp3) is 0.412. The van der Waals surface area contributed by atoms with Crippen molar-refractivity contribution in [1.82, 2.24) is 29.8 Å². The number of hydrogen-bond donors (Lipinski definition) is 0. The third-order valence-electron chi connectivity index (χ3n) is 4.37. The first-order valence-electron chi connectivity index (χ1n) is 8.29. The zero-order valence-electron chi connectivity index (χ0n) is 13.5. The highest BCUT2D eigenvalue weighted by atomic mass is 16.5. The third kappa shape index (κ3) is 3.51. The molecule has 7 nitrogen and oxygen atoms in total. The molecule has 3 heterocycles. The van der Waals surface area contributed by atoms with Crippen LogP contribution in [0, 0.1) is 5.92 Å². The maximum Gasteiger partial charge on any atom is 0.241 e. The van der Waals surface area contributed by atoms with Crippen molar-refractivity contribution in [3.8, 4) is 11.4 Å². The number of piperidine rings is 1. The van der Waals surface area contributed by atoms with Crippen LogP contribution in [-0.2, 0) is 13.1 Å². The number of likely N-dealkylation sites (tertiary alicyclic amines) is 1. The number of nitrogens with zero attached hydrogens (tertiary/aromatic N) is 6. The summed E-state index contributed by atoms with van der Waals surface area (Å²) in [4.78, 5) is 10.9. The lowest BCUT2D eigenvalue weighted by Gasteiger charge is -2.31. The van der Waals surface area contributed by atoms with E-state index in [0.29, 0.717) is 24.2 Å². The average Bonchev–Trinajstić information content (AvgIpc) is 3.28. The predicted molar refractivity (Wildman–Crippen MR) is 87.8 cm³/mol. The third-order valence-corrected chi connectivity index (χ3v) is 4.37. The van der Waals surface area contributed by atoms with Gasteiger partial charge in [-0.3, -0.25) is 9.58 Å². The van der Waals surface area contributed by atoms with Gasteiger partial charge in [-0.15, -0.1) is 0 Å². The van der Waals surface area contributed by atoms with Crippen molar-refractivity contribution in [3.63, 3.8) is 0 Å². The molecule has 0 spiro atoms. The smallest absolute Gasteiger partial charge is 0.241 e. The summed E-state index contributed by atoms with van der Waals surface area (Å²) in [6, 6.07) is 9.91. The molecule has 1 aliphatic heterocycles. The van der Waals surface area contributed by atoms with Gasteiger partial charge in [0.1, 0.15) is 12.7 Å². The Hall–Kier alpha value is -2.54. The highest BCUT2D eigenvalue weighted by Crippen LogP contribution is 2.21. The Bertz CT molecular complexity index is 755. The predicted octanol–water partition coefficient (Wildman–Crippen LogP) is 2.24. The fourth-order valence-electron chi connectivity index (χ4n) is 3.25. The largest absolute Gasteiger partial charge is 0.338 e. The van der Waals surface area contributed by atoms with Gasteiger partial charge >= 0.3 is 0 Å². The van der Waals surface area contributed by atoms with Gasteiger partial charge in [-0.25, -0.2) is 4.98 Å². The molecule has 1 atom stereocenters. The Morgan fingerprint density at radius 3 is 2.96 bits per heavy atom. The van der Waals surface area contributed by atoms with Crippen LogP contribution in [0.5, 0.6) is 0 Å². The maximum atomic E-state index is 5.43. The van der Waals surface area contributed by atoms with E-state index in [-0.39, 0.29) is 0 Å². The van der Waals surface area contributed by atoms with Crippen molar-refractivity contribution >= 4 is 0 Å². The molecule has 0 aliphatic carbocycles. The van der Waals surface area contributed by atoms with E-state index in [2.05, 4.69) is 25.1 Å². The van der Waals surface area contributed by atoms with Gasteiger partial charge in [-0.05, 0) is 25.3 Å². The number of hydrogen-bond acceptors (Lipinski definition) is 6. The summed E-state index contributed by atoms with van der Waals surface area (Å²) in [5.41, 5.74) is 0.982. The maximum absolute atomic E-state index is 5.43. The Labute approximate surface area is 140 Å². The lowest BCUT2D eigenvalue weighted by Crippen LogP contribution is -2.36. The first kappa shape index (κ1) is 15.0. The summed E-state index contributed by atoms with van der Waals surface area (Å²) in [7, 11) is 0. The van der Waals surface area contributed by atoms with Crippen LogP contribution in [-0.4, -0.2) is 42.9 Å². The normalized spacial score (nSPS) is 18.8. The molecule has 4 rings (SSSR count). The van der Waals surface area contributed by atoms with Crippen molar-refractivity contribution in [3.05, 3.63) is 48.9 Å². The van der Waals surface area contributed by atoms with E-state index >= 15 is 0 Å². The van der Waals surface area contributed by atoms with Gasteiger partial charge in [0.25, 0.3) is 0 Å². The standard InChI is InChI=1S/C17H20N6O/c1-2-6-15(7-3-1)17-20-16(24-21-17)11-22-8-4-5-14(9-22)10-23-13-18-12-19-23/h1-3,6-7,12-14H,4-5,8-11H2. The van der Waals surface area contributed by atoms with Crippen LogP contribution in [0.15, 0.2) is 47.5 Å². The van der Waals surface area contributed by atoms with E-state index in [1.54, 1.807) is 12.7 Å². The molecule has 124 valence electrons. The monoisotopic (exact) mass is 324 g/mol. The van der Waals surface area contributed by atoms with Crippen LogP contribution in [0.25, 0.3) is 11.4 Å². The number of aromatic nitrogens is 5. The van der Waals surface area contributed by atoms with Gasteiger partial charge in [0.05, 0.1) is 6.54 Å². The SMILES string of the molecule is c1ccc(-c2noc(CN3CCCC(Cn4cncn4)C3)n2)cc1. The molecule has 1 fully saturated rings. The summed E-state index contributed by atoms with van der Waals surface area (Å²) in [5.74, 6) is 1.91. The molecule has 1 saturated heterocycles. The van der Waals surface area contributed by atoms with Crippen LogP contribution >= 0.6 is 0 Å². The second-order valence-electron chi connectivity index (χ2n) is 6.24. The molecule has 1 aromatic carbocycles. The summed E-state index contributed by atoms with van der Waals surface area (Å²) >= 11 is 0. The zero-order chi connectivity index (χ0) is 16.2. The molecule has 0 N–H and O–H groups in total. The second-order valence-corrected chi connectivity index (χ2v) is 6.24. The molecule has 0 radical (unpaired) electrons. The molecule has 3 aromatic rings. The Balaban J connectivity index is 1.37. The Morgan fingerprint density at radius 2 is 2.12 bits per heavy atom. The van der Waals surface area contributed by atoms with E-state index in [4.69, 9.17) is 4.52 Å². The van der Waals surface area contributed by atoms with Crippen molar-refractivity contribution in [2.24, 2.45) is 5.92 Å². The number of rotatable bonds is 5. The quantitative estimate of drug-likeness (QED) is 0.716. The molecule has 7 heteroatoms. The fourth-order valence-corrected chi connectivity index (χ4v) is 3.25. The molecule has 0 bridgehead atoms. The summed E-state index contributed by atoms with van der Waals surface area (Å²) in [6.45, 7) is 3.70. The molecule has 1 aliphatic rings. The van der Waals surface area contributed by atoms with E-state index in [0.717, 1.165) is 25.2 Å². The van der Waals surface area contributed by atoms with Crippen LogP contribution in [0.3, 0.4) is 0 Å². The van der Waals surface area contributed by atoms with Crippen molar-refractivity contribution in [2.45, 2.75) is 25.9 Å². The van der Waals surface area contributed by atoms with Crippen LogP contribution in [0.4, 0.5) is 0 Å². The number of benzene rings is 1. The van der Waals surface area contributed by atoms with E-state index in [1.807, 2.05) is 35.0 Å². The van der Waals surface area contributed by atoms with Gasteiger partial charge in [-0.1, -0.05) is 35.5 Å². The zero-order valence-corrected chi connectivity index (χ0v) is 13.5. The van der Waals surface area contributed by atoms with Gasteiger partial charge in [0.2, 0.25) is 11.7 Å². The first-order valence-corrected chi connectivity index (χ1v) is 8.29. The van der Waals surface area contributed by atoms with E-state index < -0.39 is 0 Å². The minimum Gasteiger partial charge on any atom is -0.338 e. The molecule has 0 saturated carbocycles. The second kappa shape index (κ2) is 6.92. The van der Waals surface area contributed by atoms with Crippen LogP contribution < -0.4 is 0 Å². The van der Waals surface area contributed by atoms with Crippen molar-refractivity contribution in [2.75, 3.05) is 13.1 Å². The van der Waals surface area contributed by atoms with Crippen LogP contribution in [0.2, 0.25) is 0 Å². The molecular weight excluding hydrogens is 304 g/mol. The highest BCUT2D eigenvalue weighted by Gasteiger charge is 2.22. The summed E-state index contributed by atoms with van der Waals surface area (Å²) in [6.07, 6.45) is 5.77. The summed E-state index contributed by atoms with van der Waals surface area (Å²) < 4.78 is 7.34. The topological polar surface area (TPSA) is 72.9 Å². The first-order chi connectivity index (χ1) is 11.9. The van der Waals surface area contributed by atoms with Crippen molar-refractivity contribution < 1.29 is 4.52 Å². The summed E-state index contributed by atoms with van der Waals surface area (Å²) in [5, 5.41) is 8.30. The average molecular weight is 324 g/mol. The molecular formula is C17H20N6O. The van der Waals surface area contributed by atoms with Gasteiger partial charge in [0, 0.05) is 18.7 Å². The molecule has 1 unspecified atom stereocenters. The Morgan fingerprint density at radius 1 is 1.21 bits per heavy atom. The van der Waals surface area contributed by atoms with Gasteiger partial charge < -0.3 is 4.52 Å². The van der Waals surface area contributed by atoms with E-state index in [9.17, 15) is 0 Å². The Kier molecular flexibility index (Phi) is 4.33. The highest BCUT2D eigenvalue weighted by molar-refractivity contribution is 5.53. The lowest BCUT2D eigenvalue weighted by molar-refractivity contribution is 0.138. The minimum atomic E-state index is 0.581. The van der Waals surface area contributed by atoms with Gasteiger partial charge in [0.15, 0.2) is 0 Å². The molecule has 2 aromatic heterocycles.